The van der Waals surface area contributed by atoms with Crippen molar-refractivity contribution in [3.8, 4) is 0 Å². The summed E-state index contributed by atoms with van der Waals surface area (Å²) in [5, 5.41) is 3.08. The molecule has 1 saturated heterocycles. The number of nitrogens with one attached hydrogen (secondary N) is 1. The third-order valence-electron chi connectivity index (χ3n) is 3.78. The Balaban J connectivity index is 1.97. The monoisotopic (exact) mass is 238 g/mol. The van der Waals surface area contributed by atoms with Gasteiger partial charge in [0.25, 0.3) is 5.56 Å². The van der Waals surface area contributed by atoms with E-state index < -0.39 is 0 Å². The highest BCUT2D eigenvalue weighted by Gasteiger charge is 2.23. The molecule has 1 fully saturated rings. The van der Waals surface area contributed by atoms with Gasteiger partial charge in [-0.05, 0) is 50.0 Å². The van der Waals surface area contributed by atoms with Gasteiger partial charge in [0.15, 0.2) is 0 Å². The minimum Gasteiger partial charge on any atom is -0.286 e. The second-order valence-electron chi connectivity index (χ2n) is 4.79. The van der Waals surface area contributed by atoms with Crippen molar-refractivity contribution in [3.05, 3.63) is 21.6 Å². The van der Waals surface area contributed by atoms with Gasteiger partial charge in [-0.15, -0.1) is 0 Å². The fourth-order valence-electron chi connectivity index (χ4n) is 2.90. The number of hydrogen-bond donors (Lipinski definition) is 1. The number of aromatic amines is 1. The van der Waals surface area contributed by atoms with Gasteiger partial charge in [0, 0.05) is 11.3 Å². The Kier molecular flexibility index (Phi) is 2.84. The van der Waals surface area contributed by atoms with Crippen LogP contribution in [-0.2, 0) is 12.8 Å². The van der Waals surface area contributed by atoms with E-state index >= 15 is 0 Å². The quantitative estimate of drug-likeness (QED) is 0.814. The number of nitrogens with zero attached hydrogens (tertiary/aromatic N) is 1. The van der Waals surface area contributed by atoms with Crippen molar-refractivity contribution < 1.29 is 0 Å². The number of fused-ring (bicyclic) bond motifs is 1. The van der Waals surface area contributed by atoms with Crippen LogP contribution in [0.3, 0.4) is 0 Å². The van der Waals surface area contributed by atoms with Crippen LogP contribution in [0.4, 0.5) is 0 Å². The smallest absolute Gasteiger partial charge is 0.267 e. The van der Waals surface area contributed by atoms with Crippen molar-refractivity contribution in [1.82, 2.24) is 9.78 Å². The number of H-pyrrole nitrogens is 1. The van der Waals surface area contributed by atoms with Crippen LogP contribution in [0.25, 0.3) is 0 Å². The Hall–Kier alpha value is -0.640. The van der Waals surface area contributed by atoms with Crippen LogP contribution < -0.4 is 5.56 Å². The molecule has 88 valence electrons. The van der Waals surface area contributed by atoms with Crippen LogP contribution in [0, 0.1) is 0 Å². The van der Waals surface area contributed by atoms with E-state index in [2.05, 4.69) is 9.78 Å². The molecule has 3 nitrogen and oxygen atoms in total. The van der Waals surface area contributed by atoms with Gasteiger partial charge in [-0.3, -0.25) is 14.6 Å². The summed E-state index contributed by atoms with van der Waals surface area (Å²) in [6, 6.07) is 0.552. The minimum atomic E-state index is 0.174. The summed E-state index contributed by atoms with van der Waals surface area (Å²) in [6.07, 6.45) is 6.92. The zero-order valence-electron chi connectivity index (χ0n) is 9.50. The van der Waals surface area contributed by atoms with Crippen LogP contribution in [0.5, 0.6) is 0 Å². The standard InChI is InChI=1S/C12H18N2OS/c15-12-10-3-1-2-4-11(10)14(13-12)9-5-7-16-8-6-9/h9H,1-8H2,(H,13,15). The maximum atomic E-state index is 11.8. The maximum Gasteiger partial charge on any atom is 0.267 e. The fraction of sp³-hybridized carbons (Fsp3) is 0.750. The summed E-state index contributed by atoms with van der Waals surface area (Å²) in [6.45, 7) is 0. The van der Waals surface area contributed by atoms with Gasteiger partial charge in [0.05, 0.1) is 6.04 Å². The third kappa shape index (κ3) is 1.73. The average Bonchev–Trinajstić information content (AvgIpc) is 2.69. The Morgan fingerprint density at radius 1 is 1.19 bits per heavy atom. The van der Waals surface area contributed by atoms with Crippen molar-refractivity contribution in [2.45, 2.75) is 44.6 Å². The number of hydrogen-bond acceptors (Lipinski definition) is 2. The maximum absolute atomic E-state index is 11.8. The van der Waals surface area contributed by atoms with Crippen molar-refractivity contribution in [2.75, 3.05) is 11.5 Å². The van der Waals surface area contributed by atoms with E-state index in [4.69, 9.17) is 0 Å². The molecule has 1 aliphatic heterocycles. The van der Waals surface area contributed by atoms with E-state index in [0.29, 0.717) is 6.04 Å². The first-order valence-corrected chi connectivity index (χ1v) is 7.42. The molecule has 1 aliphatic carbocycles. The van der Waals surface area contributed by atoms with Crippen molar-refractivity contribution >= 4 is 11.8 Å². The lowest BCUT2D eigenvalue weighted by Crippen LogP contribution is -2.20. The predicted octanol–water partition coefficient (Wildman–Crippen LogP) is 2.12. The Bertz CT molecular complexity index is 429. The van der Waals surface area contributed by atoms with Crippen LogP contribution in [0.2, 0.25) is 0 Å². The van der Waals surface area contributed by atoms with Gasteiger partial charge < -0.3 is 0 Å². The first-order chi connectivity index (χ1) is 7.86. The van der Waals surface area contributed by atoms with E-state index in [9.17, 15) is 4.79 Å². The van der Waals surface area contributed by atoms with E-state index in [1.54, 1.807) is 0 Å². The molecular weight excluding hydrogens is 220 g/mol. The van der Waals surface area contributed by atoms with Crippen LogP contribution in [0.15, 0.2) is 4.79 Å². The zero-order valence-corrected chi connectivity index (χ0v) is 10.3. The lowest BCUT2D eigenvalue weighted by Gasteiger charge is -2.25. The van der Waals surface area contributed by atoms with Crippen molar-refractivity contribution in [3.63, 3.8) is 0 Å². The summed E-state index contributed by atoms with van der Waals surface area (Å²) in [5.74, 6) is 2.47. The van der Waals surface area contributed by atoms with E-state index in [0.717, 1.165) is 18.4 Å². The third-order valence-corrected chi connectivity index (χ3v) is 4.83. The first kappa shape index (κ1) is 10.5. The summed E-state index contributed by atoms with van der Waals surface area (Å²) in [7, 11) is 0. The second-order valence-corrected chi connectivity index (χ2v) is 6.01. The van der Waals surface area contributed by atoms with Gasteiger partial charge in [-0.2, -0.15) is 11.8 Å². The lowest BCUT2D eigenvalue weighted by atomic mass is 9.97. The minimum absolute atomic E-state index is 0.174. The molecule has 2 heterocycles. The molecule has 2 aliphatic rings. The van der Waals surface area contributed by atoms with E-state index in [1.165, 1.54) is 42.9 Å². The highest BCUT2D eigenvalue weighted by atomic mass is 32.2. The molecule has 4 heteroatoms. The topological polar surface area (TPSA) is 37.8 Å². The molecule has 3 rings (SSSR count). The molecule has 0 bridgehead atoms. The van der Waals surface area contributed by atoms with Gasteiger partial charge >= 0.3 is 0 Å². The Labute approximate surface area is 99.6 Å². The molecular formula is C12H18N2OS. The van der Waals surface area contributed by atoms with Crippen LogP contribution >= 0.6 is 11.8 Å². The molecule has 0 radical (unpaired) electrons. The van der Waals surface area contributed by atoms with Crippen molar-refractivity contribution in [1.29, 1.82) is 0 Å². The SMILES string of the molecule is O=c1[nH]n(C2CCSCC2)c2c1CCCC2. The Morgan fingerprint density at radius 3 is 2.75 bits per heavy atom. The average molecular weight is 238 g/mol. The molecule has 0 atom stereocenters. The largest absolute Gasteiger partial charge is 0.286 e. The molecule has 1 N–H and O–H groups in total. The van der Waals surface area contributed by atoms with Gasteiger partial charge in [0.2, 0.25) is 0 Å². The number of rotatable bonds is 1. The molecule has 1 aromatic rings. The predicted molar refractivity (Wildman–Crippen MR) is 67.3 cm³/mol. The molecule has 0 spiro atoms. The lowest BCUT2D eigenvalue weighted by molar-refractivity contribution is 0.406. The molecule has 0 unspecified atom stereocenters. The van der Waals surface area contributed by atoms with Gasteiger partial charge in [-0.1, -0.05) is 0 Å². The number of thioether (sulfide) groups is 1. The highest BCUT2D eigenvalue weighted by Crippen LogP contribution is 2.29. The van der Waals surface area contributed by atoms with E-state index in [-0.39, 0.29) is 5.56 Å². The second kappa shape index (κ2) is 4.32. The summed E-state index contributed by atoms with van der Waals surface area (Å²) >= 11 is 2.03. The summed E-state index contributed by atoms with van der Waals surface area (Å²) in [5.41, 5.74) is 2.56. The molecule has 16 heavy (non-hydrogen) atoms. The Morgan fingerprint density at radius 2 is 1.94 bits per heavy atom. The summed E-state index contributed by atoms with van der Waals surface area (Å²) < 4.78 is 2.20. The number of aromatic nitrogens is 2. The highest BCUT2D eigenvalue weighted by molar-refractivity contribution is 7.99. The normalized spacial score (nSPS) is 22.0. The van der Waals surface area contributed by atoms with Crippen molar-refractivity contribution in [2.24, 2.45) is 0 Å². The first-order valence-electron chi connectivity index (χ1n) is 6.26. The van der Waals surface area contributed by atoms with Crippen LogP contribution in [0.1, 0.15) is 43.0 Å². The van der Waals surface area contributed by atoms with E-state index in [1.807, 2.05) is 11.8 Å². The molecule has 0 aromatic carbocycles. The fourth-order valence-corrected chi connectivity index (χ4v) is 3.98. The summed E-state index contributed by atoms with van der Waals surface area (Å²) in [4.78, 5) is 11.8. The molecule has 1 aromatic heterocycles. The zero-order chi connectivity index (χ0) is 11.0. The van der Waals surface area contributed by atoms with Gasteiger partial charge in [-0.25, -0.2) is 0 Å². The van der Waals surface area contributed by atoms with Crippen LogP contribution in [-0.4, -0.2) is 21.3 Å². The molecule has 0 saturated carbocycles. The molecule has 0 amide bonds. The van der Waals surface area contributed by atoms with Gasteiger partial charge in [0.1, 0.15) is 0 Å².